The van der Waals surface area contributed by atoms with Crippen LogP contribution in [0, 0.1) is 10.1 Å². The van der Waals surface area contributed by atoms with Crippen LogP contribution in [0.5, 0.6) is 0 Å². The molecular formula is C9H7NO6. The zero-order valence-corrected chi connectivity index (χ0v) is 7.91. The summed E-state index contributed by atoms with van der Waals surface area (Å²) < 4.78 is 0. The van der Waals surface area contributed by atoms with Crippen LogP contribution in [-0.4, -0.2) is 27.1 Å². The maximum Gasteiger partial charge on any atom is 0.343 e. The average molecular weight is 225 g/mol. The molecule has 1 aromatic carbocycles. The Balaban J connectivity index is 3.38. The Hall–Kier alpha value is -2.44. The van der Waals surface area contributed by atoms with Gasteiger partial charge in [-0.1, -0.05) is 12.1 Å². The van der Waals surface area contributed by atoms with Gasteiger partial charge in [-0.3, -0.25) is 14.9 Å². The summed E-state index contributed by atoms with van der Waals surface area (Å²) >= 11 is 0. The fraction of sp³-hybridized carbons (Fsp3) is 0.111. The molecule has 1 rings (SSSR count). The number of carboxylic acid groups (broad SMARTS) is 2. The quantitative estimate of drug-likeness (QED) is 0.581. The lowest BCUT2D eigenvalue weighted by atomic mass is 10.0. The van der Waals surface area contributed by atoms with Crippen molar-refractivity contribution in [3.05, 3.63) is 39.4 Å². The number of nitro benzene ring substituents is 1. The first-order chi connectivity index (χ1) is 7.43. The second-order valence-corrected chi connectivity index (χ2v) is 2.94. The summed E-state index contributed by atoms with van der Waals surface area (Å²) in [6.07, 6.45) is -0.566. The van der Waals surface area contributed by atoms with Crippen molar-refractivity contribution in [2.75, 3.05) is 0 Å². The summed E-state index contributed by atoms with van der Waals surface area (Å²) in [5.41, 5.74) is -1.27. The molecule has 84 valence electrons. The van der Waals surface area contributed by atoms with Crippen LogP contribution in [0.2, 0.25) is 0 Å². The highest BCUT2D eigenvalue weighted by atomic mass is 16.6. The third kappa shape index (κ3) is 2.32. The maximum atomic E-state index is 10.8. The van der Waals surface area contributed by atoms with E-state index in [0.717, 1.165) is 6.07 Å². The van der Waals surface area contributed by atoms with E-state index in [2.05, 4.69) is 0 Å². The number of carbonyl (C=O) groups is 2. The second-order valence-electron chi connectivity index (χ2n) is 2.94. The van der Waals surface area contributed by atoms with E-state index in [4.69, 9.17) is 10.2 Å². The molecule has 0 radical (unpaired) electrons. The molecule has 0 atom stereocenters. The molecule has 0 spiro atoms. The van der Waals surface area contributed by atoms with Gasteiger partial charge in [0, 0.05) is 6.07 Å². The fourth-order valence-corrected chi connectivity index (χ4v) is 1.30. The summed E-state index contributed by atoms with van der Waals surface area (Å²) in [6.45, 7) is 0. The average Bonchev–Trinajstić information content (AvgIpc) is 2.15. The summed E-state index contributed by atoms with van der Waals surface area (Å²) in [7, 11) is 0. The van der Waals surface area contributed by atoms with Crippen LogP contribution in [-0.2, 0) is 11.2 Å². The predicted octanol–water partition coefficient (Wildman–Crippen LogP) is 0.920. The van der Waals surface area contributed by atoms with Crippen molar-refractivity contribution in [3.8, 4) is 0 Å². The van der Waals surface area contributed by atoms with Gasteiger partial charge in [0.15, 0.2) is 0 Å². The highest BCUT2D eigenvalue weighted by molar-refractivity contribution is 5.95. The predicted molar refractivity (Wildman–Crippen MR) is 51.4 cm³/mol. The first kappa shape index (κ1) is 11.6. The molecule has 0 heterocycles. The van der Waals surface area contributed by atoms with Gasteiger partial charge >= 0.3 is 11.9 Å². The molecule has 0 aliphatic heterocycles. The number of aromatic carboxylic acids is 1. The molecule has 0 saturated carbocycles. The minimum atomic E-state index is -1.51. The van der Waals surface area contributed by atoms with Crippen LogP contribution < -0.4 is 0 Å². The van der Waals surface area contributed by atoms with Gasteiger partial charge in [0.05, 0.1) is 11.3 Å². The fourth-order valence-electron chi connectivity index (χ4n) is 1.30. The molecule has 7 nitrogen and oxygen atoms in total. The minimum Gasteiger partial charge on any atom is -0.481 e. The van der Waals surface area contributed by atoms with Crippen LogP contribution in [0.15, 0.2) is 18.2 Å². The molecule has 0 aliphatic rings. The molecule has 0 saturated heterocycles. The SMILES string of the molecule is O=C(O)Cc1cccc([N+](=O)[O-])c1C(=O)O. The summed E-state index contributed by atoms with van der Waals surface area (Å²) in [4.78, 5) is 31.0. The van der Waals surface area contributed by atoms with Crippen molar-refractivity contribution in [2.24, 2.45) is 0 Å². The Morgan fingerprint density at radius 2 is 1.94 bits per heavy atom. The standard InChI is InChI=1S/C9H7NO6/c11-7(12)4-5-2-1-3-6(10(15)16)8(5)9(13)14/h1-3H,4H2,(H,11,12)(H,13,14). The lowest BCUT2D eigenvalue weighted by molar-refractivity contribution is -0.385. The third-order valence-corrected chi connectivity index (χ3v) is 1.88. The Kier molecular flexibility index (Phi) is 3.19. The van der Waals surface area contributed by atoms with Crippen LogP contribution >= 0.6 is 0 Å². The van der Waals surface area contributed by atoms with Crippen molar-refractivity contribution in [1.82, 2.24) is 0 Å². The van der Waals surface area contributed by atoms with Gasteiger partial charge in [0.1, 0.15) is 5.56 Å². The van der Waals surface area contributed by atoms with Gasteiger partial charge in [-0.2, -0.15) is 0 Å². The van der Waals surface area contributed by atoms with Gasteiger partial charge in [-0.15, -0.1) is 0 Å². The normalized spacial score (nSPS) is 9.75. The number of rotatable bonds is 4. The van der Waals surface area contributed by atoms with Crippen molar-refractivity contribution in [3.63, 3.8) is 0 Å². The number of aliphatic carboxylic acids is 1. The zero-order valence-electron chi connectivity index (χ0n) is 7.91. The Morgan fingerprint density at radius 1 is 1.31 bits per heavy atom. The van der Waals surface area contributed by atoms with Crippen LogP contribution in [0.1, 0.15) is 15.9 Å². The molecule has 1 aromatic rings. The zero-order chi connectivity index (χ0) is 12.3. The highest BCUT2D eigenvalue weighted by Crippen LogP contribution is 2.22. The maximum absolute atomic E-state index is 10.8. The van der Waals surface area contributed by atoms with E-state index in [1.807, 2.05) is 0 Å². The van der Waals surface area contributed by atoms with Gasteiger partial charge in [-0.25, -0.2) is 4.79 Å². The number of hydrogen-bond donors (Lipinski definition) is 2. The van der Waals surface area contributed by atoms with Crippen LogP contribution in [0.25, 0.3) is 0 Å². The molecule has 2 N–H and O–H groups in total. The van der Waals surface area contributed by atoms with Gasteiger partial charge in [-0.05, 0) is 5.56 Å². The number of hydrogen-bond acceptors (Lipinski definition) is 4. The van der Waals surface area contributed by atoms with E-state index in [1.54, 1.807) is 0 Å². The van der Waals surface area contributed by atoms with Crippen LogP contribution in [0.3, 0.4) is 0 Å². The lowest BCUT2D eigenvalue weighted by Crippen LogP contribution is -2.10. The van der Waals surface area contributed by atoms with E-state index in [-0.39, 0.29) is 5.56 Å². The number of nitrogens with zero attached hydrogens (tertiary/aromatic N) is 1. The molecule has 16 heavy (non-hydrogen) atoms. The second kappa shape index (κ2) is 4.39. The molecule has 0 amide bonds. The monoisotopic (exact) mass is 225 g/mol. The van der Waals surface area contributed by atoms with E-state index in [1.165, 1.54) is 12.1 Å². The molecule has 0 fully saturated rings. The molecule has 0 aromatic heterocycles. The van der Waals surface area contributed by atoms with Crippen molar-refractivity contribution < 1.29 is 24.7 Å². The first-order valence-electron chi connectivity index (χ1n) is 4.15. The Labute approximate surface area is 89.1 Å². The molecule has 0 unspecified atom stereocenters. The Bertz CT molecular complexity index is 467. The number of carboxylic acids is 2. The van der Waals surface area contributed by atoms with Crippen LogP contribution in [0.4, 0.5) is 5.69 Å². The van der Waals surface area contributed by atoms with Gasteiger partial charge in [0.25, 0.3) is 5.69 Å². The van der Waals surface area contributed by atoms with Crippen molar-refractivity contribution in [1.29, 1.82) is 0 Å². The van der Waals surface area contributed by atoms with Crippen molar-refractivity contribution >= 4 is 17.6 Å². The van der Waals surface area contributed by atoms with E-state index < -0.39 is 34.5 Å². The highest BCUT2D eigenvalue weighted by Gasteiger charge is 2.24. The van der Waals surface area contributed by atoms with E-state index >= 15 is 0 Å². The van der Waals surface area contributed by atoms with Crippen molar-refractivity contribution in [2.45, 2.75) is 6.42 Å². The minimum absolute atomic E-state index is 0.0887. The van der Waals surface area contributed by atoms with E-state index in [0.29, 0.717) is 0 Å². The Morgan fingerprint density at radius 3 is 2.38 bits per heavy atom. The third-order valence-electron chi connectivity index (χ3n) is 1.88. The molecule has 7 heteroatoms. The lowest BCUT2D eigenvalue weighted by Gasteiger charge is -2.03. The summed E-state index contributed by atoms with van der Waals surface area (Å²) in [5.74, 6) is -2.76. The largest absolute Gasteiger partial charge is 0.481 e. The summed E-state index contributed by atoms with van der Waals surface area (Å²) in [6, 6.07) is 3.52. The van der Waals surface area contributed by atoms with E-state index in [9.17, 15) is 19.7 Å². The first-order valence-corrected chi connectivity index (χ1v) is 4.15. The summed E-state index contributed by atoms with van der Waals surface area (Å²) in [5, 5.41) is 27.9. The smallest absolute Gasteiger partial charge is 0.343 e. The number of benzene rings is 1. The van der Waals surface area contributed by atoms with Gasteiger partial charge < -0.3 is 10.2 Å². The number of nitro groups is 1. The molecular weight excluding hydrogens is 218 g/mol. The topological polar surface area (TPSA) is 118 Å². The molecule has 0 bridgehead atoms. The molecule has 0 aliphatic carbocycles. The van der Waals surface area contributed by atoms with Gasteiger partial charge in [0.2, 0.25) is 0 Å².